The van der Waals surface area contributed by atoms with Gasteiger partial charge in [0.2, 0.25) is 0 Å². The lowest BCUT2D eigenvalue weighted by Crippen LogP contribution is -2.65. The van der Waals surface area contributed by atoms with E-state index in [0.29, 0.717) is 18.0 Å². The highest BCUT2D eigenvalue weighted by atomic mass is 35.5. The van der Waals surface area contributed by atoms with Crippen LogP contribution in [0.1, 0.15) is 5.56 Å². The van der Waals surface area contributed by atoms with Gasteiger partial charge in [0.1, 0.15) is 12.8 Å². The predicted molar refractivity (Wildman–Crippen MR) is 85.1 cm³/mol. The summed E-state index contributed by atoms with van der Waals surface area (Å²) in [4.78, 5) is 10.6. The smallest absolute Gasteiger partial charge is 0.295 e. The Labute approximate surface area is 143 Å². The minimum absolute atomic E-state index is 0.0297. The van der Waals surface area contributed by atoms with Crippen molar-refractivity contribution in [2.24, 2.45) is 0 Å². The summed E-state index contributed by atoms with van der Waals surface area (Å²) in [5.41, 5.74) is 0.878. The number of rotatable bonds is 7. The van der Waals surface area contributed by atoms with Gasteiger partial charge in [0.05, 0.1) is 6.04 Å². The van der Waals surface area contributed by atoms with Gasteiger partial charge in [-0.05, 0) is 36.2 Å². The molecule has 1 aliphatic rings. The van der Waals surface area contributed by atoms with Crippen molar-refractivity contribution < 1.29 is 29.2 Å². The molecule has 0 saturated carbocycles. The van der Waals surface area contributed by atoms with Crippen LogP contribution in [0.15, 0.2) is 35.9 Å². The molecule has 0 aliphatic heterocycles. The van der Waals surface area contributed by atoms with Gasteiger partial charge in [-0.1, -0.05) is 29.8 Å². The highest BCUT2D eigenvalue weighted by Gasteiger charge is 2.52. The van der Waals surface area contributed by atoms with Gasteiger partial charge in [-0.25, -0.2) is 4.39 Å². The molecule has 1 aliphatic carbocycles. The predicted octanol–water partition coefficient (Wildman–Crippen LogP) is 0.334. The maximum Gasteiger partial charge on any atom is 0.295 e. The lowest BCUT2D eigenvalue weighted by atomic mass is 9.85. The molecule has 0 radical (unpaired) electrons. The summed E-state index contributed by atoms with van der Waals surface area (Å²) in [5, 5.41) is 33.7. The number of benzene rings is 1. The lowest BCUT2D eigenvalue weighted by Gasteiger charge is -2.42. The highest BCUT2D eigenvalue weighted by molar-refractivity contribution is 6.30. The van der Waals surface area contributed by atoms with E-state index in [1.54, 1.807) is 12.1 Å². The molecule has 0 bridgehead atoms. The van der Waals surface area contributed by atoms with Crippen molar-refractivity contribution in [3.05, 3.63) is 46.5 Å². The molecule has 1 aromatic rings. The SMILES string of the molecule is O=CO[C@@]1(O)[C@H](NCCc2ccc(Cl)cc2)C=C(CF)[C@H](O)[C@@H]1O. The molecule has 0 amide bonds. The van der Waals surface area contributed by atoms with Gasteiger partial charge in [-0.2, -0.15) is 0 Å². The third kappa shape index (κ3) is 3.93. The van der Waals surface area contributed by atoms with Crippen LogP contribution in [0.25, 0.3) is 0 Å². The van der Waals surface area contributed by atoms with Crippen LogP contribution in [-0.2, 0) is 16.0 Å². The highest BCUT2D eigenvalue weighted by Crippen LogP contribution is 2.30. The van der Waals surface area contributed by atoms with E-state index in [1.807, 2.05) is 12.1 Å². The summed E-state index contributed by atoms with van der Waals surface area (Å²) in [6.45, 7) is -0.682. The van der Waals surface area contributed by atoms with E-state index in [-0.39, 0.29) is 12.0 Å². The number of nitrogens with one attached hydrogen (secondary N) is 1. The second-order valence-electron chi connectivity index (χ2n) is 5.54. The van der Waals surface area contributed by atoms with E-state index in [1.165, 1.54) is 6.08 Å². The average Bonchev–Trinajstić information content (AvgIpc) is 2.57. The first-order chi connectivity index (χ1) is 11.4. The number of carbonyl (C=O) groups is 1. The second-order valence-corrected chi connectivity index (χ2v) is 5.98. The molecule has 4 N–H and O–H groups in total. The number of alkyl halides is 1. The fourth-order valence-electron chi connectivity index (χ4n) is 2.62. The van der Waals surface area contributed by atoms with Gasteiger partial charge in [0.15, 0.2) is 6.10 Å². The first-order valence-electron chi connectivity index (χ1n) is 7.36. The lowest BCUT2D eigenvalue weighted by molar-refractivity contribution is -0.264. The summed E-state index contributed by atoms with van der Waals surface area (Å²) >= 11 is 5.81. The van der Waals surface area contributed by atoms with E-state index < -0.39 is 30.7 Å². The molecule has 6 nitrogen and oxygen atoms in total. The number of aliphatic hydroxyl groups is 3. The standard InChI is InChI=1S/C16H19ClFNO5/c17-12-3-1-10(2-4-12)5-6-19-13-7-11(8-18)14(21)15(22)16(13,23)24-9-20/h1-4,7,9,13-15,19,21-23H,5-6,8H2/t13-,14+,15+,16+/m1/s1. The molecule has 0 heterocycles. The fourth-order valence-corrected chi connectivity index (χ4v) is 2.74. The molecule has 0 spiro atoms. The summed E-state index contributed by atoms with van der Waals surface area (Å²) < 4.78 is 17.6. The molecule has 0 aromatic heterocycles. The minimum atomic E-state index is -2.39. The van der Waals surface area contributed by atoms with Gasteiger partial charge in [-0.3, -0.25) is 4.79 Å². The largest absolute Gasteiger partial charge is 0.430 e. The van der Waals surface area contributed by atoms with Crippen molar-refractivity contribution in [1.29, 1.82) is 0 Å². The summed E-state index contributed by atoms with van der Waals surface area (Å²) in [5.74, 6) is -2.39. The van der Waals surface area contributed by atoms with Crippen molar-refractivity contribution in [3.8, 4) is 0 Å². The Morgan fingerprint density at radius 3 is 2.58 bits per heavy atom. The molecular formula is C16H19ClFNO5. The van der Waals surface area contributed by atoms with Gasteiger partial charge >= 0.3 is 0 Å². The summed E-state index contributed by atoms with van der Waals surface area (Å²) in [7, 11) is 0. The number of halogens is 2. The van der Waals surface area contributed by atoms with E-state index in [2.05, 4.69) is 10.1 Å². The van der Waals surface area contributed by atoms with Crippen molar-refractivity contribution in [2.45, 2.75) is 30.5 Å². The van der Waals surface area contributed by atoms with Crippen LogP contribution >= 0.6 is 11.6 Å². The van der Waals surface area contributed by atoms with E-state index in [0.717, 1.165) is 5.56 Å². The first-order valence-corrected chi connectivity index (χ1v) is 7.74. The number of hydrogen-bond acceptors (Lipinski definition) is 6. The molecule has 132 valence electrons. The first kappa shape index (κ1) is 18.8. The zero-order valence-corrected chi connectivity index (χ0v) is 13.5. The molecule has 1 aromatic carbocycles. The molecule has 4 atom stereocenters. The van der Waals surface area contributed by atoms with Crippen molar-refractivity contribution in [3.63, 3.8) is 0 Å². The zero-order valence-electron chi connectivity index (χ0n) is 12.7. The normalized spacial score (nSPS) is 29.9. The quantitative estimate of drug-likeness (QED) is 0.318. The van der Waals surface area contributed by atoms with Crippen LogP contribution in [-0.4, -0.2) is 59.0 Å². The average molecular weight is 360 g/mol. The Bertz CT molecular complexity index is 597. The molecule has 8 heteroatoms. The maximum absolute atomic E-state index is 13.0. The van der Waals surface area contributed by atoms with Gasteiger partial charge < -0.3 is 25.4 Å². The van der Waals surface area contributed by atoms with Crippen LogP contribution in [0.3, 0.4) is 0 Å². The van der Waals surface area contributed by atoms with Gasteiger partial charge in [0, 0.05) is 5.02 Å². The Balaban J connectivity index is 2.10. The van der Waals surface area contributed by atoms with Crippen molar-refractivity contribution >= 4 is 18.1 Å². The summed E-state index contributed by atoms with van der Waals surface area (Å²) in [6.07, 6.45) is -1.74. The topological polar surface area (TPSA) is 99.0 Å². The van der Waals surface area contributed by atoms with Gasteiger partial charge in [0.25, 0.3) is 12.3 Å². The zero-order chi connectivity index (χ0) is 17.7. The fraction of sp³-hybridized carbons (Fsp3) is 0.438. The monoisotopic (exact) mass is 359 g/mol. The molecule has 0 unspecified atom stereocenters. The van der Waals surface area contributed by atoms with Crippen LogP contribution in [0.5, 0.6) is 0 Å². The molecule has 2 rings (SSSR count). The molecule has 0 saturated heterocycles. The van der Waals surface area contributed by atoms with Crippen LogP contribution in [0.2, 0.25) is 5.02 Å². The second kappa shape index (κ2) is 8.04. The Morgan fingerprint density at radius 2 is 2.00 bits per heavy atom. The van der Waals surface area contributed by atoms with Crippen LogP contribution < -0.4 is 5.32 Å². The Kier molecular flexibility index (Phi) is 6.31. The number of ether oxygens (including phenoxy) is 1. The van der Waals surface area contributed by atoms with E-state index >= 15 is 0 Å². The Hall–Kier alpha value is -1.51. The maximum atomic E-state index is 13.0. The summed E-state index contributed by atoms with van der Waals surface area (Å²) in [6, 6.07) is 6.08. The van der Waals surface area contributed by atoms with Crippen molar-refractivity contribution in [2.75, 3.05) is 13.2 Å². The third-order valence-corrected chi connectivity index (χ3v) is 4.26. The van der Waals surface area contributed by atoms with E-state index in [9.17, 15) is 24.5 Å². The molecule has 24 heavy (non-hydrogen) atoms. The van der Waals surface area contributed by atoms with E-state index in [4.69, 9.17) is 11.6 Å². The Morgan fingerprint density at radius 1 is 1.33 bits per heavy atom. The molecule has 0 fully saturated rings. The third-order valence-electron chi connectivity index (χ3n) is 4.01. The molecular weight excluding hydrogens is 341 g/mol. The number of carbonyl (C=O) groups excluding carboxylic acids is 1. The number of aliphatic hydroxyl groups excluding tert-OH is 2. The van der Waals surface area contributed by atoms with Crippen LogP contribution in [0.4, 0.5) is 4.39 Å². The minimum Gasteiger partial charge on any atom is -0.430 e. The van der Waals surface area contributed by atoms with Crippen molar-refractivity contribution in [1.82, 2.24) is 5.32 Å². The number of hydrogen-bond donors (Lipinski definition) is 4. The van der Waals surface area contributed by atoms with Gasteiger partial charge in [-0.15, -0.1) is 0 Å². The van der Waals surface area contributed by atoms with Crippen LogP contribution in [0, 0.1) is 0 Å².